The Morgan fingerprint density at radius 2 is 2.16 bits per heavy atom. The van der Waals surface area contributed by atoms with Crippen LogP contribution in [0.2, 0.25) is 0 Å². The minimum absolute atomic E-state index is 0.274. The van der Waals surface area contributed by atoms with E-state index in [0.29, 0.717) is 11.5 Å². The summed E-state index contributed by atoms with van der Waals surface area (Å²) < 4.78 is 1.37. The van der Waals surface area contributed by atoms with Crippen LogP contribution < -0.4 is 16.6 Å². The summed E-state index contributed by atoms with van der Waals surface area (Å²) in [5, 5.41) is 3.11. The van der Waals surface area contributed by atoms with Crippen molar-refractivity contribution in [3.05, 3.63) is 51.2 Å². The van der Waals surface area contributed by atoms with Crippen LogP contribution in [-0.4, -0.2) is 26.1 Å². The van der Waals surface area contributed by atoms with Crippen LogP contribution in [0.15, 0.2) is 34.2 Å². The number of anilines is 1. The van der Waals surface area contributed by atoms with Crippen LogP contribution >= 0.6 is 0 Å². The van der Waals surface area contributed by atoms with Gasteiger partial charge in [0.25, 0.3) is 5.56 Å². The van der Waals surface area contributed by atoms with Gasteiger partial charge in [-0.15, -0.1) is 0 Å². The first-order valence-corrected chi connectivity index (χ1v) is 6.03. The zero-order chi connectivity index (χ0) is 13.7. The molecule has 7 heteroatoms. The molecule has 0 aliphatic carbocycles. The van der Waals surface area contributed by atoms with Gasteiger partial charge in [0.1, 0.15) is 5.82 Å². The van der Waals surface area contributed by atoms with Crippen LogP contribution in [0.25, 0.3) is 0 Å². The average Bonchev–Trinajstić information content (AvgIpc) is 2.41. The van der Waals surface area contributed by atoms with Gasteiger partial charge in [-0.25, -0.2) is 9.78 Å². The maximum absolute atomic E-state index is 11.5. The summed E-state index contributed by atoms with van der Waals surface area (Å²) in [6, 6.07) is 1.30. The van der Waals surface area contributed by atoms with E-state index in [-0.39, 0.29) is 6.54 Å². The lowest BCUT2D eigenvalue weighted by Crippen LogP contribution is -2.29. The normalized spacial score (nSPS) is 10.4. The Morgan fingerprint density at radius 3 is 2.79 bits per heavy atom. The highest BCUT2D eigenvalue weighted by Crippen LogP contribution is 2.01. The van der Waals surface area contributed by atoms with Gasteiger partial charge in [0, 0.05) is 18.8 Å². The quantitative estimate of drug-likeness (QED) is 0.802. The molecule has 0 unspecified atom stereocenters. The molecule has 0 aliphatic heterocycles. The van der Waals surface area contributed by atoms with Gasteiger partial charge >= 0.3 is 5.69 Å². The van der Waals surface area contributed by atoms with Crippen molar-refractivity contribution in [2.75, 3.05) is 11.9 Å². The van der Waals surface area contributed by atoms with E-state index in [1.54, 1.807) is 12.4 Å². The summed E-state index contributed by atoms with van der Waals surface area (Å²) in [5.41, 5.74) is -0.217. The highest BCUT2D eigenvalue weighted by Gasteiger charge is 2.01. The van der Waals surface area contributed by atoms with Crippen LogP contribution in [0.1, 0.15) is 19.0 Å². The standard InChI is InChI=1S/C12H15N5O2/c1-2-4-13-10-7-14-9(6-15-10)8-17-5-3-11(18)16-12(17)19/h3,5-7H,2,4,8H2,1H3,(H,13,15)(H,16,18,19). The second kappa shape index (κ2) is 5.94. The molecule has 0 amide bonds. The van der Waals surface area contributed by atoms with Crippen molar-refractivity contribution in [2.45, 2.75) is 19.9 Å². The fourth-order valence-electron chi connectivity index (χ4n) is 1.52. The van der Waals surface area contributed by atoms with Gasteiger partial charge in [-0.05, 0) is 6.42 Å². The van der Waals surface area contributed by atoms with E-state index < -0.39 is 11.2 Å². The van der Waals surface area contributed by atoms with Gasteiger partial charge in [-0.3, -0.25) is 19.3 Å². The third kappa shape index (κ3) is 3.51. The van der Waals surface area contributed by atoms with E-state index in [4.69, 9.17) is 0 Å². The second-order valence-electron chi connectivity index (χ2n) is 4.06. The Labute approximate surface area is 109 Å². The molecule has 7 nitrogen and oxygen atoms in total. The monoisotopic (exact) mass is 261 g/mol. The largest absolute Gasteiger partial charge is 0.369 e. The Bertz CT molecular complexity index is 644. The number of hydrogen-bond donors (Lipinski definition) is 2. The zero-order valence-corrected chi connectivity index (χ0v) is 10.6. The minimum atomic E-state index is -0.456. The molecule has 0 aromatic carbocycles. The number of rotatable bonds is 5. The first kappa shape index (κ1) is 13.0. The van der Waals surface area contributed by atoms with Gasteiger partial charge in [0.05, 0.1) is 24.6 Å². The summed E-state index contributed by atoms with van der Waals surface area (Å²) in [5.74, 6) is 0.708. The topological polar surface area (TPSA) is 92.7 Å². The Hall–Kier alpha value is -2.44. The minimum Gasteiger partial charge on any atom is -0.369 e. The lowest BCUT2D eigenvalue weighted by atomic mass is 10.4. The summed E-state index contributed by atoms with van der Waals surface area (Å²) in [6.45, 7) is 3.18. The van der Waals surface area contributed by atoms with Crippen molar-refractivity contribution in [3.63, 3.8) is 0 Å². The number of aromatic nitrogens is 4. The predicted molar refractivity (Wildman–Crippen MR) is 71.2 cm³/mol. The van der Waals surface area contributed by atoms with E-state index in [0.717, 1.165) is 13.0 Å². The fourth-order valence-corrected chi connectivity index (χ4v) is 1.52. The number of nitrogens with one attached hydrogen (secondary N) is 2. The molecule has 2 heterocycles. The van der Waals surface area contributed by atoms with Crippen LogP contribution in [0.5, 0.6) is 0 Å². The average molecular weight is 261 g/mol. The second-order valence-corrected chi connectivity index (χ2v) is 4.06. The van der Waals surface area contributed by atoms with E-state index in [9.17, 15) is 9.59 Å². The van der Waals surface area contributed by atoms with Crippen LogP contribution in [0, 0.1) is 0 Å². The third-order valence-corrected chi connectivity index (χ3v) is 2.49. The molecule has 0 fully saturated rings. The molecule has 0 aliphatic rings. The van der Waals surface area contributed by atoms with Crippen LogP contribution in [0.4, 0.5) is 5.82 Å². The Kier molecular flexibility index (Phi) is 4.07. The van der Waals surface area contributed by atoms with Gasteiger partial charge in [-0.1, -0.05) is 6.92 Å². The third-order valence-electron chi connectivity index (χ3n) is 2.49. The van der Waals surface area contributed by atoms with Crippen molar-refractivity contribution >= 4 is 5.82 Å². The first-order chi connectivity index (χ1) is 9.19. The molecule has 0 spiro atoms. The molecule has 2 N–H and O–H groups in total. The Balaban J connectivity index is 2.11. The van der Waals surface area contributed by atoms with Crippen molar-refractivity contribution in [3.8, 4) is 0 Å². The highest BCUT2D eigenvalue weighted by atomic mass is 16.2. The van der Waals surface area contributed by atoms with E-state index in [1.807, 2.05) is 0 Å². The SMILES string of the molecule is CCCNc1cnc(Cn2ccc(=O)[nH]c2=O)cn1. The number of hydrogen-bond acceptors (Lipinski definition) is 5. The number of H-pyrrole nitrogens is 1. The summed E-state index contributed by atoms with van der Waals surface area (Å²) in [4.78, 5) is 33.0. The maximum Gasteiger partial charge on any atom is 0.328 e. The zero-order valence-electron chi connectivity index (χ0n) is 10.6. The summed E-state index contributed by atoms with van der Waals surface area (Å²) in [7, 11) is 0. The Morgan fingerprint density at radius 1 is 1.32 bits per heavy atom. The molecule has 0 saturated carbocycles. The molecular weight excluding hydrogens is 246 g/mol. The molecule has 0 radical (unpaired) electrons. The molecule has 0 bridgehead atoms. The van der Waals surface area contributed by atoms with E-state index in [1.165, 1.54) is 16.8 Å². The van der Waals surface area contributed by atoms with E-state index in [2.05, 4.69) is 27.2 Å². The highest BCUT2D eigenvalue weighted by molar-refractivity contribution is 5.30. The molecule has 0 saturated heterocycles. The molecular formula is C12H15N5O2. The number of nitrogens with zero attached hydrogens (tertiary/aromatic N) is 3. The number of aromatic amines is 1. The lowest BCUT2D eigenvalue weighted by Gasteiger charge is -2.06. The molecule has 100 valence electrons. The van der Waals surface area contributed by atoms with Gasteiger partial charge in [0.15, 0.2) is 0 Å². The maximum atomic E-state index is 11.5. The van der Waals surface area contributed by atoms with Gasteiger partial charge in [-0.2, -0.15) is 0 Å². The molecule has 2 aromatic rings. The van der Waals surface area contributed by atoms with Crippen molar-refractivity contribution in [1.82, 2.24) is 19.5 Å². The van der Waals surface area contributed by atoms with Gasteiger partial charge < -0.3 is 5.32 Å². The van der Waals surface area contributed by atoms with Crippen molar-refractivity contribution in [2.24, 2.45) is 0 Å². The summed E-state index contributed by atoms with van der Waals surface area (Å²) in [6.07, 6.45) is 5.68. The molecule has 0 atom stereocenters. The molecule has 2 rings (SSSR count). The molecule has 19 heavy (non-hydrogen) atoms. The smallest absolute Gasteiger partial charge is 0.328 e. The predicted octanol–water partition coefficient (Wildman–Crippen LogP) is 0.197. The van der Waals surface area contributed by atoms with Gasteiger partial charge in [0.2, 0.25) is 0 Å². The van der Waals surface area contributed by atoms with Crippen LogP contribution in [-0.2, 0) is 6.54 Å². The first-order valence-electron chi connectivity index (χ1n) is 6.03. The van der Waals surface area contributed by atoms with E-state index >= 15 is 0 Å². The van der Waals surface area contributed by atoms with Crippen molar-refractivity contribution < 1.29 is 0 Å². The van der Waals surface area contributed by atoms with Crippen LogP contribution in [0.3, 0.4) is 0 Å². The fraction of sp³-hybridized carbons (Fsp3) is 0.333. The summed E-state index contributed by atoms with van der Waals surface area (Å²) >= 11 is 0. The van der Waals surface area contributed by atoms with Crippen molar-refractivity contribution in [1.29, 1.82) is 0 Å². The lowest BCUT2D eigenvalue weighted by molar-refractivity contribution is 0.702. The molecule has 2 aromatic heterocycles.